The molecule has 1 heterocycles. The van der Waals surface area contributed by atoms with Gasteiger partial charge in [0.1, 0.15) is 6.04 Å². The van der Waals surface area contributed by atoms with Gasteiger partial charge in [-0.3, -0.25) is 4.79 Å². The average molecular weight is 257 g/mol. The van der Waals surface area contributed by atoms with E-state index in [-0.39, 0.29) is 11.9 Å². The predicted molar refractivity (Wildman–Crippen MR) is 65.0 cm³/mol. The number of nitrogens with two attached hydrogens (primary N) is 1. The van der Waals surface area contributed by atoms with Gasteiger partial charge < -0.3 is 25.5 Å². The molecule has 1 atom stereocenters. The van der Waals surface area contributed by atoms with Crippen LogP contribution in [0.1, 0.15) is 12.8 Å². The molecule has 0 aliphatic heterocycles. The summed E-state index contributed by atoms with van der Waals surface area (Å²) in [7, 11) is 1.57. The molecular formula is C10H19N5O3. The van der Waals surface area contributed by atoms with Crippen molar-refractivity contribution >= 4 is 11.9 Å². The van der Waals surface area contributed by atoms with Crippen molar-refractivity contribution < 1.29 is 13.9 Å². The molecule has 1 aromatic heterocycles. The number of carbonyl (C=O) groups is 1. The van der Waals surface area contributed by atoms with Crippen LogP contribution in [0.3, 0.4) is 0 Å². The number of carbonyl (C=O) groups excluding carboxylic acids is 1. The first-order chi connectivity index (χ1) is 8.67. The summed E-state index contributed by atoms with van der Waals surface area (Å²) in [5.74, 6) is 0.289. The number of rotatable bonds is 8. The van der Waals surface area contributed by atoms with Crippen molar-refractivity contribution in [2.24, 2.45) is 5.73 Å². The summed E-state index contributed by atoms with van der Waals surface area (Å²) in [5.41, 5.74) is 5.36. The molecule has 0 aliphatic carbocycles. The van der Waals surface area contributed by atoms with Crippen molar-refractivity contribution in [3.8, 4) is 0 Å². The molecule has 0 radical (unpaired) electrons. The second-order valence-electron chi connectivity index (χ2n) is 3.69. The third-order valence-electron chi connectivity index (χ3n) is 2.16. The number of nitrogens with one attached hydrogen (secondary N) is 2. The van der Waals surface area contributed by atoms with Crippen molar-refractivity contribution in [1.29, 1.82) is 0 Å². The zero-order valence-electron chi connectivity index (χ0n) is 10.6. The van der Waals surface area contributed by atoms with Gasteiger partial charge in [-0.1, -0.05) is 5.10 Å². The Labute approximate surface area is 105 Å². The first kappa shape index (κ1) is 14.4. The summed E-state index contributed by atoms with van der Waals surface area (Å²) in [4.78, 5) is 11.6. The van der Waals surface area contributed by atoms with E-state index in [4.69, 9.17) is 14.9 Å². The van der Waals surface area contributed by atoms with Gasteiger partial charge in [-0.2, -0.15) is 0 Å². The first-order valence-corrected chi connectivity index (χ1v) is 5.73. The minimum absolute atomic E-state index is 0.161. The molecule has 18 heavy (non-hydrogen) atoms. The zero-order valence-corrected chi connectivity index (χ0v) is 10.6. The number of ether oxygens (including phenoxy) is 1. The predicted octanol–water partition coefficient (Wildman–Crippen LogP) is -0.866. The lowest BCUT2D eigenvalue weighted by molar-refractivity contribution is -0.121. The quantitative estimate of drug-likeness (QED) is 0.519. The van der Waals surface area contributed by atoms with E-state index in [0.717, 1.165) is 0 Å². The summed E-state index contributed by atoms with van der Waals surface area (Å²) < 4.78 is 10.1. The van der Waals surface area contributed by atoms with Crippen LogP contribution in [0.2, 0.25) is 0 Å². The van der Waals surface area contributed by atoms with E-state index in [1.54, 1.807) is 14.0 Å². The van der Waals surface area contributed by atoms with Crippen LogP contribution in [0.25, 0.3) is 0 Å². The Morgan fingerprint density at radius 3 is 3.00 bits per heavy atom. The standard InChI is InChI=1S/C10H19N5O3/c1-7(9(16)12-5-6-17-2)13-10-15-14-8(18-10)3-4-11/h7H,3-6,11H2,1-2H3,(H,12,16)(H,13,15). The van der Waals surface area contributed by atoms with Crippen LogP contribution < -0.4 is 16.4 Å². The minimum atomic E-state index is -0.465. The molecule has 0 bridgehead atoms. The Balaban J connectivity index is 2.37. The molecule has 0 aromatic carbocycles. The number of anilines is 1. The summed E-state index contributed by atoms with van der Waals surface area (Å²) in [6.45, 7) is 3.08. The van der Waals surface area contributed by atoms with E-state index in [1.165, 1.54) is 0 Å². The zero-order chi connectivity index (χ0) is 13.4. The molecule has 0 saturated heterocycles. The smallest absolute Gasteiger partial charge is 0.316 e. The lowest BCUT2D eigenvalue weighted by Crippen LogP contribution is -2.39. The van der Waals surface area contributed by atoms with Crippen LogP contribution in [-0.4, -0.2) is 49.0 Å². The highest BCUT2D eigenvalue weighted by Gasteiger charge is 2.15. The normalized spacial score (nSPS) is 12.2. The summed E-state index contributed by atoms with van der Waals surface area (Å²) in [6.07, 6.45) is 0.517. The number of aromatic nitrogens is 2. The Morgan fingerprint density at radius 2 is 2.33 bits per heavy atom. The molecular weight excluding hydrogens is 238 g/mol. The van der Waals surface area contributed by atoms with Crippen molar-refractivity contribution in [2.45, 2.75) is 19.4 Å². The van der Waals surface area contributed by atoms with E-state index in [9.17, 15) is 4.79 Å². The summed E-state index contributed by atoms with van der Waals surface area (Å²) in [6, 6.07) is -0.249. The van der Waals surface area contributed by atoms with Crippen LogP contribution in [0.4, 0.5) is 6.01 Å². The molecule has 1 aromatic rings. The second kappa shape index (κ2) is 7.62. The molecule has 1 amide bonds. The van der Waals surface area contributed by atoms with E-state index < -0.39 is 6.04 Å². The van der Waals surface area contributed by atoms with Gasteiger partial charge in [0.2, 0.25) is 11.8 Å². The van der Waals surface area contributed by atoms with E-state index in [1.807, 2.05) is 0 Å². The second-order valence-corrected chi connectivity index (χ2v) is 3.69. The third-order valence-corrected chi connectivity index (χ3v) is 2.16. The number of nitrogens with zero attached hydrogens (tertiary/aromatic N) is 2. The van der Waals surface area contributed by atoms with Gasteiger partial charge in [-0.25, -0.2) is 0 Å². The van der Waals surface area contributed by atoms with Gasteiger partial charge in [-0.15, -0.1) is 5.10 Å². The Morgan fingerprint density at radius 1 is 1.56 bits per heavy atom. The minimum Gasteiger partial charge on any atom is -0.408 e. The molecule has 0 aliphatic rings. The maximum absolute atomic E-state index is 11.6. The molecule has 0 fully saturated rings. The number of amides is 1. The van der Waals surface area contributed by atoms with E-state index in [2.05, 4.69) is 20.8 Å². The average Bonchev–Trinajstić information content (AvgIpc) is 2.77. The van der Waals surface area contributed by atoms with Crippen LogP contribution in [0.5, 0.6) is 0 Å². The largest absolute Gasteiger partial charge is 0.408 e. The highest BCUT2D eigenvalue weighted by atomic mass is 16.5. The fourth-order valence-electron chi connectivity index (χ4n) is 1.22. The maximum atomic E-state index is 11.6. The van der Waals surface area contributed by atoms with Gasteiger partial charge in [-0.05, 0) is 6.92 Å². The van der Waals surface area contributed by atoms with Crippen molar-refractivity contribution in [2.75, 3.05) is 32.1 Å². The summed E-state index contributed by atoms with van der Waals surface area (Å²) in [5, 5.41) is 13.1. The fourth-order valence-corrected chi connectivity index (χ4v) is 1.22. The van der Waals surface area contributed by atoms with Gasteiger partial charge in [0, 0.05) is 26.6 Å². The van der Waals surface area contributed by atoms with Crippen LogP contribution in [0, 0.1) is 0 Å². The molecule has 0 saturated carbocycles. The lowest BCUT2D eigenvalue weighted by Gasteiger charge is -2.11. The number of hydrogen-bond acceptors (Lipinski definition) is 7. The van der Waals surface area contributed by atoms with Crippen molar-refractivity contribution in [1.82, 2.24) is 15.5 Å². The van der Waals surface area contributed by atoms with Gasteiger partial charge in [0.15, 0.2) is 0 Å². The SMILES string of the molecule is COCCNC(=O)C(C)Nc1nnc(CCN)o1. The van der Waals surface area contributed by atoms with Gasteiger partial charge in [0.25, 0.3) is 0 Å². The molecule has 1 rings (SSSR count). The van der Waals surface area contributed by atoms with Gasteiger partial charge >= 0.3 is 6.01 Å². The number of methoxy groups -OCH3 is 1. The van der Waals surface area contributed by atoms with Crippen LogP contribution in [-0.2, 0) is 16.0 Å². The molecule has 8 heteroatoms. The highest BCUT2D eigenvalue weighted by Crippen LogP contribution is 2.07. The van der Waals surface area contributed by atoms with Gasteiger partial charge in [0.05, 0.1) is 6.61 Å². The topological polar surface area (TPSA) is 115 Å². The molecule has 8 nitrogen and oxygen atoms in total. The highest BCUT2D eigenvalue weighted by molar-refractivity contribution is 5.83. The molecule has 1 unspecified atom stereocenters. The molecule has 4 N–H and O–H groups in total. The lowest BCUT2D eigenvalue weighted by atomic mass is 10.3. The van der Waals surface area contributed by atoms with E-state index in [0.29, 0.717) is 32.0 Å². The Hall–Kier alpha value is -1.67. The Bertz CT molecular complexity index is 368. The summed E-state index contributed by atoms with van der Waals surface area (Å²) >= 11 is 0. The van der Waals surface area contributed by atoms with Crippen molar-refractivity contribution in [3.05, 3.63) is 5.89 Å². The first-order valence-electron chi connectivity index (χ1n) is 5.73. The van der Waals surface area contributed by atoms with Crippen LogP contribution >= 0.6 is 0 Å². The monoisotopic (exact) mass is 257 g/mol. The molecule has 102 valence electrons. The van der Waals surface area contributed by atoms with Crippen LogP contribution in [0.15, 0.2) is 4.42 Å². The number of hydrogen-bond donors (Lipinski definition) is 3. The third kappa shape index (κ3) is 4.68. The van der Waals surface area contributed by atoms with Crippen molar-refractivity contribution in [3.63, 3.8) is 0 Å². The Kier molecular flexibility index (Phi) is 6.09. The fraction of sp³-hybridized carbons (Fsp3) is 0.700. The van der Waals surface area contributed by atoms with E-state index >= 15 is 0 Å². The molecule has 0 spiro atoms. The maximum Gasteiger partial charge on any atom is 0.316 e.